The smallest absolute Gasteiger partial charge is 0.195 e. The van der Waals surface area contributed by atoms with Crippen LogP contribution in [0.25, 0.3) is 42.7 Å². The highest BCUT2D eigenvalue weighted by atomic mass is 35.5. The number of nitrogens with zero attached hydrogens (tertiary/aromatic N) is 1. The molecule has 3 aromatic rings. The third-order valence-corrected chi connectivity index (χ3v) is 5.96. The van der Waals surface area contributed by atoms with E-state index in [9.17, 15) is 4.79 Å². The summed E-state index contributed by atoms with van der Waals surface area (Å²) in [6.07, 6.45) is 0. The van der Waals surface area contributed by atoms with Crippen molar-refractivity contribution in [2.45, 2.75) is 0 Å². The summed E-state index contributed by atoms with van der Waals surface area (Å²) >= 11 is 7.65. The van der Waals surface area contributed by atoms with Crippen molar-refractivity contribution in [1.29, 1.82) is 0 Å². The Hall–Kier alpha value is -2.75. The zero-order valence-electron chi connectivity index (χ0n) is 13.6. The standard InChI is InChI=1S/C22H12ClNOS/c23-14-11-9-13(10-12-14)19-21(25)16-6-2-1-5-15(16)20-22(19)26-18-8-4-3-7-17(18)24-20/h1-12H. The molecule has 0 N–H and O–H groups in total. The van der Waals surface area contributed by atoms with Gasteiger partial charge in [-0.3, -0.25) is 4.79 Å². The highest BCUT2D eigenvalue weighted by Gasteiger charge is 2.21. The second kappa shape index (κ2) is 5.90. The molecular formula is C22H12ClNOS. The molecule has 1 aliphatic carbocycles. The average molecular weight is 374 g/mol. The number of rotatable bonds is 1. The van der Waals surface area contributed by atoms with E-state index in [1.54, 1.807) is 11.3 Å². The molecular weight excluding hydrogens is 362 g/mol. The van der Waals surface area contributed by atoms with E-state index in [0.717, 1.165) is 31.7 Å². The fraction of sp³-hybridized carbons (Fsp3) is 0. The molecule has 0 atom stereocenters. The van der Waals surface area contributed by atoms with Crippen molar-refractivity contribution in [3.05, 3.63) is 88.0 Å². The average Bonchev–Trinajstić information content (AvgIpc) is 2.68. The summed E-state index contributed by atoms with van der Waals surface area (Å²) in [5.74, 6) is 0. The van der Waals surface area contributed by atoms with Gasteiger partial charge in [0.15, 0.2) is 5.43 Å². The Labute approximate surface area is 158 Å². The van der Waals surface area contributed by atoms with Gasteiger partial charge in [-0.15, -0.1) is 11.3 Å². The Morgan fingerprint density at radius 3 is 2.31 bits per heavy atom. The first kappa shape index (κ1) is 15.5. The Kier molecular flexibility index (Phi) is 3.52. The summed E-state index contributed by atoms with van der Waals surface area (Å²) in [7, 11) is 0. The lowest BCUT2D eigenvalue weighted by atomic mass is 9.96. The second-order valence-corrected chi connectivity index (χ2v) is 7.60. The molecule has 3 aromatic carbocycles. The second-order valence-electron chi connectivity index (χ2n) is 6.12. The maximum atomic E-state index is 13.3. The first-order chi connectivity index (χ1) is 12.7. The van der Waals surface area contributed by atoms with Crippen LogP contribution in [0.2, 0.25) is 5.02 Å². The van der Waals surface area contributed by atoms with Crippen LogP contribution in [-0.4, -0.2) is 4.98 Å². The normalized spacial score (nSPS) is 11.4. The molecule has 0 bridgehead atoms. The SMILES string of the molecule is O=c1c(-c2ccc(Cl)cc2)c2sc3ccccc3nc-2c2ccccc12. The molecule has 2 aliphatic rings. The minimum Gasteiger partial charge on any atom is -0.289 e. The van der Waals surface area contributed by atoms with E-state index in [0.29, 0.717) is 16.0 Å². The predicted molar refractivity (Wildman–Crippen MR) is 110 cm³/mol. The zero-order valence-corrected chi connectivity index (χ0v) is 15.1. The molecule has 4 heteroatoms. The number of halogens is 1. The predicted octanol–water partition coefficient (Wildman–Crippen LogP) is 6.23. The molecule has 0 radical (unpaired) electrons. The van der Waals surface area contributed by atoms with Crippen LogP contribution in [0, 0.1) is 0 Å². The highest BCUT2D eigenvalue weighted by molar-refractivity contribution is 7.22. The molecule has 26 heavy (non-hydrogen) atoms. The fourth-order valence-electron chi connectivity index (χ4n) is 3.32. The molecule has 0 saturated heterocycles. The maximum absolute atomic E-state index is 13.3. The Bertz CT molecular complexity index is 1310. The van der Waals surface area contributed by atoms with E-state index in [4.69, 9.17) is 16.6 Å². The van der Waals surface area contributed by atoms with Gasteiger partial charge in [0, 0.05) is 21.4 Å². The Morgan fingerprint density at radius 2 is 1.50 bits per heavy atom. The van der Waals surface area contributed by atoms with Gasteiger partial charge in [-0.25, -0.2) is 4.98 Å². The molecule has 0 spiro atoms. The number of fused-ring (bicyclic) bond motifs is 4. The van der Waals surface area contributed by atoms with Crippen LogP contribution < -0.4 is 5.43 Å². The van der Waals surface area contributed by atoms with Crippen molar-refractivity contribution in [3.63, 3.8) is 0 Å². The van der Waals surface area contributed by atoms with E-state index in [-0.39, 0.29) is 5.43 Å². The summed E-state index contributed by atoms with van der Waals surface area (Å²) < 4.78 is 1.06. The lowest BCUT2D eigenvalue weighted by Gasteiger charge is -2.14. The monoisotopic (exact) mass is 373 g/mol. The quantitative estimate of drug-likeness (QED) is 0.257. The molecule has 0 fully saturated rings. The van der Waals surface area contributed by atoms with Gasteiger partial charge in [-0.2, -0.15) is 0 Å². The minimum atomic E-state index is 0.0313. The van der Waals surface area contributed by atoms with Crippen LogP contribution in [0.1, 0.15) is 0 Å². The van der Waals surface area contributed by atoms with Crippen molar-refractivity contribution in [1.82, 2.24) is 4.98 Å². The van der Waals surface area contributed by atoms with Crippen molar-refractivity contribution < 1.29 is 0 Å². The van der Waals surface area contributed by atoms with Crippen molar-refractivity contribution in [3.8, 4) is 21.7 Å². The van der Waals surface area contributed by atoms with Crippen LogP contribution in [0.15, 0.2) is 77.6 Å². The van der Waals surface area contributed by atoms with Crippen LogP contribution in [0.4, 0.5) is 0 Å². The summed E-state index contributed by atoms with van der Waals surface area (Å²) in [6, 6.07) is 23.1. The molecule has 1 heterocycles. The lowest BCUT2D eigenvalue weighted by Crippen LogP contribution is -2.09. The van der Waals surface area contributed by atoms with Gasteiger partial charge < -0.3 is 0 Å². The fourth-order valence-corrected chi connectivity index (χ4v) is 4.60. The zero-order chi connectivity index (χ0) is 17.7. The Morgan fingerprint density at radius 1 is 0.808 bits per heavy atom. The summed E-state index contributed by atoms with van der Waals surface area (Å²) in [5.41, 5.74) is 3.40. The number of aromatic nitrogens is 1. The summed E-state index contributed by atoms with van der Waals surface area (Å²) in [6.45, 7) is 0. The molecule has 0 saturated carbocycles. The van der Waals surface area contributed by atoms with Gasteiger partial charge in [0.05, 0.1) is 20.8 Å². The van der Waals surface area contributed by atoms with E-state index in [2.05, 4.69) is 0 Å². The van der Waals surface area contributed by atoms with Gasteiger partial charge in [0.1, 0.15) is 0 Å². The largest absolute Gasteiger partial charge is 0.289 e. The topological polar surface area (TPSA) is 30.0 Å². The van der Waals surface area contributed by atoms with E-state index in [1.807, 2.05) is 72.8 Å². The third kappa shape index (κ3) is 2.32. The van der Waals surface area contributed by atoms with Gasteiger partial charge in [-0.1, -0.05) is 60.1 Å². The Balaban J connectivity index is 2.02. The van der Waals surface area contributed by atoms with Gasteiger partial charge in [-0.05, 0) is 29.8 Å². The summed E-state index contributed by atoms with van der Waals surface area (Å²) in [5, 5.41) is 2.24. The third-order valence-electron chi connectivity index (χ3n) is 4.54. The molecule has 0 amide bonds. The lowest BCUT2D eigenvalue weighted by molar-refractivity contribution is 1.44. The van der Waals surface area contributed by atoms with Gasteiger partial charge in [0.25, 0.3) is 0 Å². The number of benzene rings is 4. The van der Waals surface area contributed by atoms with Gasteiger partial charge >= 0.3 is 0 Å². The molecule has 1 aliphatic heterocycles. The number of hydrogen-bond acceptors (Lipinski definition) is 3. The minimum absolute atomic E-state index is 0.0313. The highest BCUT2D eigenvalue weighted by Crippen LogP contribution is 2.40. The van der Waals surface area contributed by atoms with Crippen molar-refractivity contribution >= 4 is 43.9 Å². The van der Waals surface area contributed by atoms with Crippen molar-refractivity contribution in [2.75, 3.05) is 0 Å². The van der Waals surface area contributed by atoms with E-state index in [1.165, 1.54) is 0 Å². The molecule has 0 unspecified atom stereocenters. The van der Waals surface area contributed by atoms with Crippen LogP contribution in [0.3, 0.4) is 0 Å². The van der Waals surface area contributed by atoms with Crippen LogP contribution >= 0.6 is 22.9 Å². The number of hydrogen-bond donors (Lipinski definition) is 0. The summed E-state index contributed by atoms with van der Waals surface area (Å²) in [4.78, 5) is 19.1. The van der Waals surface area contributed by atoms with Crippen LogP contribution in [0.5, 0.6) is 0 Å². The van der Waals surface area contributed by atoms with Crippen molar-refractivity contribution in [2.24, 2.45) is 0 Å². The first-order valence-electron chi connectivity index (χ1n) is 8.22. The van der Waals surface area contributed by atoms with Crippen LogP contribution in [-0.2, 0) is 0 Å². The molecule has 5 rings (SSSR count). The molecule has 124 valence electrons. The molecule has 2 nitrogen and oxygen atoms in total. The first-order valence-corrected chi connectivity index (χ1v) is 9.42. The number of para-hydroxylation sites is 1. The molecule has 0 aromatic heterocycles. The van der Waals surface area contributed by atoms with E-state index >= 15 is 0 Å². The van der Waals surface area contributed by atoms with E-state index < -0.39 is 0 Å². The van der Waals surface area contributed by atoms with Gasteiger partial charge in [0.2, 0.25) is 0 Å². The maximum Gasteiger partial charge on any atom is 0.195 e.